The van der Waals surface area contributed by atoms with E-state index in [1.807, 2.05) is 80.3 Å². The van der Waals surface area contributed by atoms with Crippen molar-refractivity contribution in [1.82, 2.24) is 19.8 Å². The Hall–Kier alpha value is -5.84. The van der Waals surface area contributed by atoms with Crippen LogP contribution in [0.15, 0.2) is 96.1 Å². The molecule has 3 aliphatic carbocycles. The summed E-state index contributed by atoms with van der Waals surface area (Å²) in [5.74, 6) is -2.23. The number of likely N-dealkylation sites (tertiary alicyclic amines) is 2. The van der Waals surface area contributed by atoms with Crippen molar-refractivity contribution in [3.05, 3.63) is 119 Å². The largest absolute Gasteiger partial charge is 0.445 e. The van der Waals surface area contributed by atoms with E-state index >= 15 is 8.78 Å². The number of carbonyl (C=O) groups is 2. The van der Waals surface area contributed by atoms with Crippen molar-refractivity contribution >= 4 is 23.6 Å². The van der Waals surface area contributed by atoms with Gasteiger partial charge in [0.25, 0.3) is 5.92 Å². The maximum Gasteiger partial charge on any atom is 0.411 e. The van der Waals surface area contributed by atoms with Crippen LogP contribution in [0, 0.1) is 11.3 Å². The molecule has 60 heavy (non-hydrogen) atoms. The van der Waals surface area contributed by atoms with Crippen molar-refractivity contribution in [3.8, 4) is 33.5 Å². The monoisotopic (exact) mass is 807 g/mol. The third-order valence-corrected chi connectivity index (χ3v) is 13.7. The first-order chi connectivity index (χ1) is 28.8. The molecule has 11 heteroatoms. The molecular weight excluding hydrogens is 761 g/mol. The van der Waals surface area contributed by atoms with Gasteiger partial charge in [0.15, 0.2) is 0 Å². The molecule has 2 saturated heterocycles. The number of H-pyrrole nitrogens is 1. The van der Waals surface area contributed by atoms with Gasteiger partial charge in [-0.2, -0.15) is 8.78 Å². The van der Waals surface area contributed by atoms with E-state index < -0.39 is 11.5 Å². The van der Waals surface area contributed by atoms with E-state index in [0.29, 0.717) is 52.7 Å². The minimum absolute atomic E-state index is 0.0183. The number of piperidine rings is 1. The summed E-state index contributed by atoms with van der Waals surface area (Å²) in [6.07, 6.45) is 7.55. The molecule has 2 bridgehead atoms. The van der Waals surface area contributed by atoms with E-state index in [1.165, 1.54) is 0 Å². The number of nitrogens with zero attached hydrogens (tertiary/aromatic N) is 4. The van der Waals surface area contributed by atoms with Gasteiger partial charge in [-0.25, -0.2) is 14.6 Å². The van der Waals surface area contributed by atoms with Crippen LogP contribution < -0.4 is 0 Å². The number of aromatic amines is 1. The summed E-state index contributed by atoms with van der Waals surface area (Å²) in [5, 5.41) is 0. The summed E-state index contributed by atoms with van der Waals surface area (Å²) in [5.41, 5.74) is 7.05. The maximum atomic E-state index is 16.6. The van der Waals surface area contributed by atoms with E-state index in [9.17, 15) is 9.59 Å². The number of alkyl halides is 2. The van der Waals surface area contributed by atoms with Gasteiger partial charge in [-0.1, -0.05) is 60.7 Å². The first-order valence-electron chi connectivity index (χ1n) is 21.2. The summed E-state index contributed by atoms with van der Waals surface area (Å²) in [7, 11) is 0. The Morgan fingerprint density at radius 1 is 0.883 bits per heavy atom. The number of rotatable bonds is 6. The van der Waals surface area contributed by atoms with Gasteiger partial charge in [0, 0.05) is 41.4 Å². The van der Waals surface area contributed by atoms with Crippen LogP contribution in [0.2, 0.25) is 0 Å². The molecule has 1 spiro atoms. The normalized spacial score (nSPS) is 23.7. The number of aromatic nitrogens is 2. The van der Waals surface area contributed by atoms with Crippen LogP contribution >= 0.6 is 0 Å². The summed E-state index contributed by atoms with van der Waals surface area (Å²) in [6.45, 7) is 6.48. The third kappa shape index (κ3) is 6.22. The van der Waals surface area contributed by atoms with Gasteiger partial charge in [0.1, 0.15) is 18.0 Å². The van der Waals surface area contributed by atoms with Gasteiger partial charge in [-0.15, -0.1) is 0 Å². The zero-order valence-corrected chi connectivity index (χ0v) is 34.0. The Bertz CT molecular complexity index is 2610. The minimum atomic E-state index is -3.22. The molecular formula is C49H47F2N5O4. The Labute approximate surface area is 347 Å². The van der Waals surface area contributed by atoms with Crippen LogP contribution in [0.4, 0.5) is 24.1 Å². The number of halogens is 2. The average Bonchev–Trinajstić information content (AvgIpc) is 3.88. The second kappa shape index (κ2) is 13.3. The van der Waals surface area contributed by atoms with Crippen LogP contribution in [0.25, 0.3) is 33.5 Å². The molecule has 3 aliphatic heterocycles. The van der Waals surface area contributed by atoms with Crippen molar-refractivity contribution in [3.63, 3.8) is 0 Å². The highest BCUT2D eigenvalue weighted by atomic mass is 19.3. The second-order valence-corrected chi connectivity index (χ2v) is 18.8. The molecule has 1 unspecified atom stereocenters. The molecule has 1 N–H and O–H groups in total. The Balaban J connectivity index is 0.814. The van der Waals surface area contributed by atoms with E-state index in [0.717, 1.165) is 66.6 Å². The highest BCUT2D eigenvalue weighted by Gasteiger charge is 2.55. The molecule has 2 amide bonds. The van der Waals surface area contributed by atoms with E-state index in [-0.39, 0.29) is 53.5 Å². The quantitative estimate of drug-likeness (QED) is 0.184. The van der Waals surface area contributed by atoms with Crippen molar-refractivity contribution < 1.29 is 27.8 Å². The fourth-order valence-electron chi connectivity index (χ4n) is 10.6. The van der Waals surface area contributed by atoms with Crippen molar-refractivity contribution in [2.45, 2.75) is 102 Å². The predicted octanol–water partition coefficient (Wildman–Crippen LogP) is 11.1. The zero-order valence-electron chi connectivity index (χ0n) is 34.0. The number of aliphatic imine (C=N–C) groups is 1. The summed E-state index contributed by atoms with van der Waals surface area (Å²) in [6, 6.07) is 25.9. The molecule has 4 fully saturated rings. The SMILES string of the molecule is CC(C)(C)OC(=O)N1C(C2=Nc3ccc(-c4ccc5c(c4)C(F)(F)c4cc(-c6cnc([C@@H]7CC8(CC8)CN7C(=O)OCc7ccccc7)[nH]6)ccc4-5)cc3C2)[C@H]2CC[C@@H]1C2. The predicted molar refractivity (Wildman–Crippen MR) is 224 cm³/mol. The number of hydrogen-bond acceptors (Lipinski definition) is 6. The molecule has 1 aromatic heterocycles. The minimum Gasteiger partial charge on any atom is -0.445 e. The van der Waals surface area contributed by atoms with Crippen LogP contribution in [0.3, 0.4) is 0 Å². The van der Waals surface area contributed by atoms with Crippen molar-refractivity contribution in [2.24, 2.45) is 16.3 Å². The number of ether oxygens (including phenoxy) is 2. The Morgan fingerprint density at radius 3 is 2.35 bits per heavy atom. The van der Waals surface area contributed by atoms with E-state index in [4.69, 9.17) is 19.5 Å². The van der Waals surface area contributed by atoms with Crippen LogP contribution in [-0.2, 0) is 28.4 Å². The first-order valence-corrected chi connectivity index (χ1v) is 21.2. The molecule has 9 nitrogen and oxygen atoms in total. The standard InChI is InChI=1S/C49H47F2N5O4/c1-47(2,3)60-46(58)56-34-13-9-32(20-34)43(56)40-23-33-19-29(12-16-39(33)53-40)30-10-14-35-36-15-11-31(22-38(36)49(50,51)37(35)21-30)41-25-52-44(54-41)42-24-48(17-18-48)27-55(42)45(57)59-26-28-7-5-4-6-8-28/h4-8,10-12,14-16,19,21-22,25,32,34,42-43H,9,13,17-18,20,23-24,26-27H2,1-3H3,(H,52,54)/t32-,34+,42-,43?/m0/s1. The molecule has 4 atom stereocenters. The van der Waals surface area contributed by atoms with Crippen molar-refractivity contribution in [1.29, 1.82) is 0 Å². The number of imidazole rings is 1. The lowest BCUT2D eigenvalue weighted by molar-refractivity contribution is 0.0142. The highest BCUT2D eigenvalue weighted by molar-refractivity contribution is 6.00. The molecule has 11 rings (SSSR count). The van der Waals surface area contributed by atoms with Crippen LogP contribution in [-0.4, -0.2) is 61.9 Å². The molecule has 0 radical (unpaired) electrons. The highest BCUT2D eigenvalue weighted by Crippen LogP contribution is 2.59. The Morgan fingerprint density at radius 2 is 1.60 bits per heavy atom. The fourth-order valence-corrected chi connectivity index (χ4v) is 10.6. The van der Waals surface area contributed by atoms with Gasteiger partial charge < -0.3 is 14.5 Å². The van der Waals surface area contributed by atoms with E-state index in [2.05, 4.69) is 11.1 Å². The summed E-state index contributed by atoms with van der Waals surface area (Å²) in [4.78, 5) is 43.6. The molecule has 2 saturated carbocycles. The van der Waals surface area contributed by atoms with Gasteiger partial charge in [-0.3, -0.25) is 14.8 Å². The Kier molecular flexibility index (Phi) is 8.26. The number of benzene rings is 4. The third-order valence-electron chi connectivity index (χ3n) is 13.7. The number of fused-ring (bicyclic) bond motifs is 6. The second-order valence-electron chi connectivity index (χ2n) is 18.8. The number of nitrogens with one attached hydrogen (secondary N) is 1. The topological polar surface area (TPSA) is 100 Å². The maximum absolute atomic E-state index is 16.6. The van der Waals surface area contributed by atoms with Gasteiger partial charge in [-0.05, 0) is 128 Å². The molecule has 5 aromatic rings. The lowest BCUT2D eigenvalue weighted by Crippen LogP contribution is -2.50. The lowest BCUT2D eigenvalue weighted by Gasteiger charge is -2.36. The van der Waals surface area contributed by atoms with Gasteiger partial charge in [0.2, 0.25) is 0 Å². The summed E-state index contributed by atoms with van der Waals surface area (Å²) < 4.78 is 44.7. The fraction of sp³-hybridized carbons (Fsp3) is 0.388. The molecule has 6 aliphatic rings. The lowest BCUT2D eigenvalue weighted by atomic mass is 9.91. The zero-order chi connectivity index (χ0) is 41.1. The molecule has 4 heterocycles. The van der Waals surface area contributed by atoms with Crippen LogP contribution in [0.5, 0.6) is 0 Å². The molecule has 306 valence electrons. The first kappa shape index (κ1) is 37.2. The van der Waals surface area contributed by atoms with E-state index in [1.54, 1.807) is 35.4 Å². The smallest absolute Gasteiger partial charge is 0.411 e. The average molecular weight is 808 g/mol. The van der Waals surface area contributed by atoms with Crippen molar-refractivity contribution in [2.75, 3.05) is 6.54 Å². The van der Waals surface area contributed by atoms with Gasteiger partial charge >= 0.3 is 12.2 Å². The number of amides is 2. The van der Waals surface area contributed by atoms with Gasteiger partial charge in [0.05, 0.1) is 29.7 Å². The number of hydrogen-bond donors (Lipinski definition) is 1. The van der Waals surface area contributed by atoms with Crippen LogP contribution in [0.1, 0.15) is 93.4 Å². The summed E-state index contributed by atoms with van der Waals surface area (Å²) >= 11 is 0. The number of carbonyl (C=O) groups excluding carboxylic acids is 2. The molecule has 4 aromatic carbocycles.